The lowest BCUT2D eigenvalue weighted by Gasteiger charge is -2.39. The van der Waals surface area contributed by atoms with Gasteiger partial charge in [-0.05, 0) is 29.9 Å². The highest BCUT2D eigenvalue weighted by atomic mass is 15.3. The van der Waals surface area contributed by atoms with E-state index in [2.05, 4.69) is 57.6 Å². The molecule has 5 heteroatoms. The van der Waals surface area contributed by atoms with Gasteiger partial charge in [-0.1, -0.05) is 37.3 Å². The van der Waals surface area contributed by atoms with Crippen molar-refractivity contribution in [2.75, 3.05) is 26.7 Å². The number of benzene rings is 1. The van der Waals surface area contributed by atoms with Crippen LogP contribution in [0, 0.1) is 5.92 Å². The molecule has 128 valence electrons. The Balaban J connectivity index is 1.53. The summed E-state index contributed by atoms with van der Waals surface area (Å²) in [5.74, 6) is 2.26. The molecule has 2 unspecified atom stereocenters. The molecule has 2 atom stereocenters. The van der Waals surface area contributed by atoms with Crippen molar-refractivity contribution in [1.82, 2.24) is 20.0 Å². The van der Waals surface area contributed by atoms with Crippen LogP contribution in [-0.2, 0) is 6.54 Å². The quantitative estimate of drug-likeness (QED) is 0.694. The van der Waals surface area contributed by atoms with Crippen molar-refractivity contribution >= 4 is 5.96 Å². The highest BCUT2D eigenvalue weighted by molar-refractivity contribution is 5.80. The van der Waals surface area contributed by atoms with Gasteiger partial charge in [-0.2, -0.15) is 5.10 Å². The molecule has 0 spiro atoms. The topological polar surface area (TPSA) is 45.5 Å². The lowest BCUT2D eigenvalue weighted by molar-refractivity contribution is 0.234. The first-order valence-electron chi connectivity index (χ1n) is 8.76. The molecule has 0 saturated carbocycles. The van der Waals surface area contributed by atoms with Crippen LogP contribution in [0.25, 0.3) is 0 Å². The van der Waals surface area contributed by atoms with Crippen LogP contribution in [0.2, 0.25) is 0 Å². The molecular weight excluding hydrogens is 298 g/mol. The molecule has 0 bridgehead atoms. The molecule has 1 aromatic heterocycles. The van der Waals surface area contributed by atoms with Crippen LogP contribution in [0.5, 0.6) is 0 Å². The van der Waals surface area contributed by atoms with Crippen molar-refractivity contribution in [3.63, 3.8) is 0 Å². The number of rotatable bonds is 4. The third-order valence-electron chi connectivity index (χ3n) is 4.83. The van der Waals surface area contributed by atoms with Crippen molar-refractivity contribution in [2.45, 2.75) is 25.8 Å². The average Bonchev–Trinajstić information content (AvgIpc) is 3.13. The van der Waals surface area contributed by atoms with Crippen LogP contribution in [-0.4, -0.2) is 47.3 Å². The number of nitrogens with zero attached hydrogens (tertiary/aromatic N) is 4. The molecule has 1 saturated heterocycles. The highest BCUT2D eigenvalue weighted by Gasteiger charge is 2.28. The Labute approximate surface area is 144 Å². The molecule has 2 heterocycles. The number of guanidine groups is 1. The predicted molar refractivity (Wildman–Crippen MR) is 98.1 cm³/mol. The summed E-state index contributed by atoms with van der Waals surface area (Å²) >= 11 is 0. The maximum Gasteiger partial charge on any atom is 0.193 e. The standard InChI is InChI=1S/C19H27N5/c1-16-15-23(13-9-18(16)17-7-4-3-5-8-17)19(20-2)21-11-14-24-12-6-10-22-24/h3-8,10,12,16,18H,9,11,13-15H2,1-2H3,(H,20,21). The Bertz CT molecular complexity index is 635. The summed E-state index contributed by atoms with van der Waals surface area (Å²) in [7, 11) is 1.87. The van der Waals surface area contributed by atoms with Crippen LogP contribution in [0.4, 0.5) is 0 Å². The molecule has 1 N–H and O–H groups in total. The van der Waals surface area contributed by atoms with Crippen LogP contribution < -0.4 is 5.32 Å². The van der Waals surface area contributed by atoms with Gasteiger partial charge in [0.05, 0.1) is 6.54 Å². The van der Waals surface area contributed by atoms with Gasteiger partial charge in [0.2, 0.25) is 0 Å². The van der Waals surface area contributed by atoms with Crippen molar-refractivity contribution in [3.05, 3.63) is 54.4 Å². The molecule has 0 amide bonds. The minimum absolute atomic E-state index is 0.616. The van der Waals surface area contributed by atoms with E-state index in [1.54, 1.807) is 0 Å². The molecule has 3 rings (SSSR count). The van der Waals surface area contributed by atoms with E-state index in [9.17, 15) is 0 Å². The zero-order valence-corrected chi connectivity index (χ0v) is 14.6. The number of hydrogen-bond acceptors (Lipinski definition) is 2. The van der Waals surface area contributed by atoms with Crippen LogP contribution >= 0.6 is 0 Å². The van der Waals surface area contributed by atoms with E-state index >= 15 is 0 Å². The first-order chi connectivity index (χ1) is 11.8. The van der Waals surface area contributed by atoms with Crippen molar-refractivity contribution in [3.8, 4) is 0 Å². The molecule has 1 aliphatic heterocycles. The summed E-state index contributed by atoms with van der Waals surface area (Å²) in [5, 5.41) is 7.70. The smallest absolute Gasteiger partial charge is 0.193 e. The van der Waals surface area contributed by atoms with Gasteiger partial charge < -0.3 is 10.2 Å². The van der Waals surface area contributed by atoms with E-state index in [1.165, 1.54) is 12.0 Å². The average molecular weight is 325 g/mol. The highest BCUT2D eigenvalue weighted by Crippen LogP contribution is 2.32. The SMILES string of the molecule is CN=C(NCCn1cccn1)N1CCC(c2ccccc2)C(C)C1. The van der Waals surface area contributed by atoms with E-state index in [-0.39, 0.29) is 0 Å². The molecule has 2 aromatic rings. The van der Waals surface area contributed by atoms with Gasteiger partial charge in [0.1, 0.15) is 0 Å². The van der Waals surface area contributed by atoms with Crippen LogP contribution in [0.3, 0.4) is 0 Å². The maximum atomic E-state index is 4.46. The lowest BCUT2D eigenvalue weighted by Crippen LogP contribution is -2.48. The Kier molecular flexibility index (Phi) is 5.51. The zero-order valence-electron chi connectivity index (χ0n) is 14.6. The third-order valence-corrected chi connectivity index (χ3v) is 4.83. The summed E-state index contributed by atoms with van der Waals surface area (Å²) in [6, 6.07) is 12.8. The zero-order chi connectivity index (χ0) is 16.8. The molecule has 5 nitrogen and oxygen atoms in total. The fraction of sp³-hybridized carbons (Fsp3) is 0.474. The molecule has 0 aliphatic carbocycles. The summed E-state index contributed by atoms with van der Waals surface area (Å²) in [6.45, 7) is 6.12. The Hall–Kier alpha value is -2.30. The molecular formula is C19H27N5. The second-order valence-corrected chi connectivity index (χ2v) is 6.47. The van der Waals surface area contributed by atoms with Crippen molar-refractivity contribution in [2.24, 2.45) is 10.9 Å². The van der Waals surface area contributed by atoms with Crippen LogP contribution in [0.15, 0.2) is 53.8 Å². The Morgan fingerprint density at radius 1 is 1.29 bits per heavy atom. The summed E-state index contributed by atoms with van der Waals surface area (Å²) in [5.41, 5.74) is 1.46. The van der Waals surface area contributed by atoms with E-state index < -0.39 is 0 Å². The summed E-state index contributed by atoms with van der Waals surface area (Å²) < 4.78 is 1.94. The molecule has 1 fully saturated rings. The van der Waals surface area contributed by atoms with Gasteiger partial charge in [-0.25, -0.2) is 0 Å². The van der Waals surface area contributed by atoms with E-state index in [0.717, 1.165) is 32.1 Å². The molecule has 0 radical (unpaired) electrons. The molecule has 1 aromatic carbocycles. The summed E-state index contributed by atoms with van der Waals surface area (Å²) in [4.78, 5) is 6.85. The second kappa shape index (κ2) is 7.99. The number of piperidine rings is 1. The Morgan fingerprint density at radius 2 is 2.12 bits per heavy atom. The Morgan fingerprint density at radius 3 is 2.79 bits per heavy atom. The largest absolute Gasteiger partial charge is 0.354 e. The van der Waals surface area contributed by atoms with Gasteiger partial charge >= 0.3 is 0 Å². The fourth-order valence-corrected chi connectivity index (χ4v) is 3.58. The van der Waals surface area contributed by atoms with Gasteiger partial charge in [-0.15, -0.1) is 0 Å². The number of aromatic nitrogens is 2. The van der Waals surface area contributed by atoms with Crippen molar-refractivity contribution in [1.29, 1.82) is 0 Å². The van der Waals surface area contributed by atoms with Gasteiger partial charge in [0, 0.05) is 39.1 Å². The third kappa shape index (κ3) is 3.96. The first kappa shape index (κ1) is 16.6. The number of hydrogen-bond donors (Lipinski definition) is 1. The summed E-state index contributed by atoms with van der Waals surface area (Å²) in [6.07, 6.45) is 4.97. The monoisotopic (exact) mass is 325 g/mol. The lowest BCUT2D eigenvalue weighted by atomic mass is 9.82. The van der Waals surface area contributed by atoms with Crippen LogP contribution in [0.1, 0.15) is 24.8 Å². The maximum absolute atomic E-state index is 4.46. The predicted octanol–water partition coefficient (Wildman–Crippen LogP) is 2.58. The minimum atomic E-state index is 0.616. The molecule has 1 aliphatic rings. The van der Waals surface area contributed by atoms with Gasteiger partial charge in [-0.3, -0.25) is 9.67 Å². The number of likely N-dealkylation sites (tertiary alicyclic amines) is 1. The number of nitrogens with one attached hydrogen (secondary N) is 1. The minimum Gasteiger partial charge on any atom is -0.354 e. The van der Waals surface area contributed by atoms with Gasteiger partial charge in [0.15, 0.2) is 5.96 Å². The first-order valence-corrected chi connectivity index (χ1v) is 8.76. The molecule has 24 heavy (non-hydrogen) atoms. The van der Waals surface area contributed by atoms with E-state index in [1.807, 2.05) is 30.2 Å². The van der Waals surface area contributed by atoms with Crippen molar-refractivity contribution < 1.29 is 0 Å². The van der Waals surface area contributed by atoms with E-state index in [0.29, 0.717) is 11.8 Å². The normalized spacial score (nSPS) is 21.8. The number of aliphatic imine (C=N–C) groups is 1. The van der Waals surface area contributed by atoms with Gasteiger partial charge in [0.25, 0.3) is 0 Å². The van der Waals surface area contributed by atoms with E-state index in [4.69, 9.17) is 0 Å². The second-order valence-electron chi connectivity index (χ2n) is 6.47. The fourth-order valence-electron chi connectivity index (χ4n) is 3.58.